The second-order valence-corrected chi connectivity index (χ2v) is 9.79. The Balaban J connectivity index is 1.64. The summed E-state index contributed by atoms with van der Waals surface area (Å²) in [5.74, 6) is -1.96. The minimum absolute atomic E-state index is 0.00379. The van der Waals surface area contributed by atoms with Gasteiger partial charge in [0, 0.05) is 34.0 Å². The molecule has 1 aromatic rings. The van der Waals surface area contributed by atoms with E-state index in [1.54, 1.807) is 10.9 Å². The fourth-order valence-electron chi connectivity index (χ4n) is 3.85. The summed E-state index contributed by atoms with van der Waals surface area (Å²) in [4.78, 5) is 35.0. The lowest BCUT2D eigenvalue weighted by Crippen LogP contribution is -2.60. The summed E-state index contributed by atoms with van der Waals surface area (Å²) in [5.41, 5.74) is -0.308. The van der Waals surface area contributed by atoms with Gasteiger partial charge in [-0.2, -0.15) is 0 Å². The van der Waals surface area contributed by atoms with E-state index in [0.29, 0.717) is 71.3 Å². The average molecular weight is 638 g/mol. The molecule has 1 fully saturated rings. The summed E-state index contributed by atoms with van der Waals surface area (Å²) < 4.78 is 50.7. The smallest absolute Gasteiger partial charge is 0.303 e. The van der Waals surface area contributed by atoms with Crippen molar-refractivity contribution in [1.82, 2.24) is 15.0 Å². The number of unbranched alkanes of at least 4 members (excludes halogenated alkanes) is 1. The fourth-order valence-corrected chi connectivity index (χ4v) is 4.20. The van der Waals surface area contributed by atoms with Crippen molar-refractivity contribution in [3.8, 4) is 0 Å². The van der Waals surface area contributed by atoms with E-state index >= 15 is 0 Å². The van der Waals surface area contributed by atoms with Crippen molar-refractivity contribution in [3.63, 3.8) is 0 Å². The van der Waals surface area contributed by atoms with Crippen LogP contribution in [-0.4, -0.2) is 128 Å². The van der Waals surface area contributed by atoms with E-state index in [-0.39, 0.29) is 19.8 Å². The normalized spacial score (nSPS) is 21.8. The number of hydrogen-bond acceptors (Lipinski definition) is 16. The van der Waals surface area contributed by atoms with Gasteiger partial charge in [-0.15, -0.1) is 17.7 Å². The van der Waals surface area contributed by atoms with E-state index in [1.165, 1.54) is 20.8 Å². The van der Waals surface area contributed by atoms with Gasteiger partial charge in [-0.3, -0.25) is 14.4 Å². The molecule has 246 valence electrons. The van der Waals surface area contributed by atoms with Gasteiger partial charge in [0.1, 0.15) is 11.1 Å². The lowest BCUT2D eigenvalue weighted by Gasteiger charge is -2.42. The Morgan fingerprint density at radius 2 is 1.40 bits per heavy atom. The van der Waals surface area contributed by atoms with Crippen molar-refractivity contribution in [1.29, 1.82) is 0 Å². The number of aliphatic hydroxyl groups excluding tert-OH is 1. The van der Waals surface area contributed by atoms with Crippen molar-refractivity contribution in [3.05, 3.63) is 11.9 Å². The van der Waals surface area contributed by atoms with E-state index in [2.05, 4.69) is 22.9 Å². The van der Waals surface area contributed by atoms with Crippen LogP contribution in [0.25, 0.3) is 0 Å². The molecule has 17 heteroatoms. The molecule has 0 amide bonds. The number of carbonyl (C=O) groups excluding carboxylic acids is 3. The third kappa shape index (κ3) is 15.3. The fraction of sp³-hybridized carbons (Fsp3) is 0.808. The second-order valence-electron chi connectivity index (χ2n) is 9.28. The predicted molar refractivity (Wildman–Crippen MR) is 149 cm³/mol. The summed E-state index contributed by atoms with van der Waals surface area (Å²) in [6.07, 6.45) is -1.54. The van der Waals surface area contributed by atoms with Crippen LogP contribution in [0.5, 0.6) is 0 Å². The quantitative estimate of drug-likeness (QED) is 0.0751. The third-order valence-corrected chi connectivity index (χ3v) is 6.04. The first-order valence-electron chi connectivity index (χ1n) is 14.0. The van der Waals surface area contributed by atoms with Gasteiger partial charge < -0.3 is 47.7 Å². The Kier molecular flexibility index (Phi) is 18.3. The molecule has 0 radical (unpaired) electrons. The number of hydrogen-bond donors (Lipinski definition) is 2. The van der Waals surface area contributed by atoms with Gasteiger partial charge in [0.2, 0.25) is 0 Å². The summed E-state index contributed by atoms with van der Waals surface area (Å²) in [5, 5.41) is 16.8. The maximum absolute atomic E-state index is 11.8. The van der Waals surface area contributed by atoms with Crippen molar-refractivity contribution >= 4 is 30.5 Å². The molecule has 2 heterocycles. The number of nitrogens with zero attached hydrogens (tertiary/aromatic N) is 3. The Bertz CT molecular complexity index is 953. The molecular formula is C26H43N3O13S. The number of aliphatic hydroxyl groups is 1. The zero-order valence-corrected chi connectivity index (χ0v) is 25.7. The number of rotatable bonds is 22. The van der Waals surface area contributed by atoms with Crippen LogP contribution in [0.15, 0.2) is 6.20 Å². The van der Waals surface area contributed by atoms with Crippen LogP contribution >= 0.6 is 12.6 Å². The molecular weight excluding hydrogens is 594 g/mol. The molecule has 0 bridgehead atoms. The number of thiol groups is 1. The van der Waals surface area contributed by atoms with Crippen LogP contribution in [0.2, 0.25) is 0 Å². The summed E-state index contributed by atoms with van der Waals surface area (Å²) in [6.45, 7) is 7.57. The summed E-state index contributed by atoms with van der Waals surface area (Å²) in [6, 6.07) is 0. The maximum Gasteiger partial charge on any atom is 0.303 e. The van der Waals surface area contributed by atoms with Crippen molar-refractivity contribution < 1.29 is 62.1 Å². The molecule has 5 atom stereocenters. The van der Waals surface area contributed by atoms with E-state index in [0.717, 1.165) is 0 Å². The maximum atomic E-state index is 11.8. The highest BCUT2D eigenvalue weighted by Crippen LogP contribution is 2.31. The third-order valence-electron chi connectivity index (χ3n) is 5.62. The van der Waals surface area contributed by atoms with Crippen molar-refractivity contribution in [2.45, 2.75) is 76.8 Å². The molecule has 1 N–H and O–H groups in total. The van der Waals surface area contributed by atoms with E-state index in [1.807, 2.05) is 0 Å². The molecule has 16 nitrogen and oxygen atoms in total. The van der Waals surface area contributed by atoms with E-state index in [9.17, 15) is 14.4 Å². The van der Waals surface area contributed by atoms with Crippen LogP contribution in [0.3, 0.4) is 0 Å². The van der Waals surface area contributed by atoms with Gasteiger partial charge in [0.05, 0.1) is 65.6 Å². The Hall–Kier alpha value is -2.38. The Labute approximate surface area is 255 Å². The highest BCUT2D eigenvalue weighted by atomic mass is 32.1. The topological polar surface area (TPSA) is 185 Å². The van der Waals surface area contributed by atoms with Gasteiger partial charge in [-0.1, -0.05) is 5.21 Å². The zero-order valence-electron chi connectivity index (χ0n) is 24.8. The largest absolute Gasteiger partial charge is 0.455 e. The molecule has 0 saturated carbocycles. The van der Waals surface area contributed by atoms with Crippen LogP contribution in [-0.2, 0) is 70.2 Å². The lowest BCUT2D eigenvalue weighted by molar-refractivity contribution is -0.288. The van der Waals surface area contributed by atoms with Gasteiger partial charge in [-0.05, 0) is 12.8 Å². The summed E-state index contributed by atoms with van der Waals surface area (Å²) >= 11 is 4.31. The van der Waals surface area contributed by atoms with Gasteiger partial charge in [0.15, 0.2) is 24.6 Å². The molecule has 1 aliphatic rings. The first-order chi connectivity index (χ1) is 20.7. The van der Waals surface area contributed by atoms with Crippen LogP contribution in [0.4, 0.5) is 0 Å². The standard InChI is InChI=1S/C26H43N3O13S/c1-18(31)39-22-23(40-19(2)32)25(42-26(43)24(22)41-20(3)33)38-9-5-4-8-37-17-21-16-29(28-27-21)6-10-34-12-14-36-15-13-35-11-7-30/h16,22-26,30,43H,4-15,17H2,1-3H3/t22?,23?,24-,25+,26?/m0/s1. The molecule has 1 aliphatic heterocycles. The van der Waals surface area contributed by atoms with Gasteiger partial charge >= 0.3 is 17.9 Å². The molecule has 43 heavy (non-hydrogen) atoms. The number of aromatic nitrogens is 3. The molecule has 0 aliphatic carbocycles. The highest BCUT2D eigenvalue weighted by molar-refractivity contribution is 7.80. The zero-order chi connectivity index (χ0) is 31.5. The molecule has 2 rings (SSSR count). The minimum atomic E-state index is -1.17. The van der Waals surface area contributed by atoms with Gasteiger partial charge in [-0.25, -0.2) is 4.68 Å². The second kappa shape index (κ2) is 21.3. The molecule has 0 spiro atoms. The first-order valence-corrected chi connectivity index (χ1v) is 14.5. The molecule has 0 aromatic carbocycles. The molecule has 1 saturated heterocycles. The van der Waals surface area contributed by atoms with Crippen LogP contribution < -0.4 is 0 Å². The minimum Gasteiger partial charge on any atom is -0.455 e. The number of carbonyl (C=O) groups is 3. The Morgan fingerprint density at radius 3 is 2.05 bits per heavy atom. The SMILES string of the molecule is CC(=O)OC1C(OC(C)=O)[C@H](OC(C)=O)C(S)O[C@H]1OCCCCOCc1cn(CCOCCOCCOCCO)nn1. The van der Waals surface area contributed by atoms with E-state index in [4.69, 9.17) is 47.7 Å². The number of ether oxygens (including phenoxy) is 9. The van der Waals surface area contributed by atoms with E-state index < -0.39 is 47.9 Å². The molecule has 3 unspecified atom stereocenters. The average Bonchev–Trinajstić information content (AvgIpc) is 3.40. The lowest BCUT2D eigenvalue weighted by atomic mass is 10.0. The monoisotopic (exact) mass is 637 g/mol. The highest BCUT2D eigenvalue weighted by Gasteiger charge is 2.51. The van der Waals surface area contributed by atoms with Crippen molar-refractivity contribution in [2.24, 2.45) is 0 Å². The molecule has 1 aromatic heterocycles. The van der Waals surface area contributed by atoms with Gasteiger partial charge in [0.25, 0.3) is 0 Å². The summed E-state index contributed by atoms with van der Waals surface area (Å²) in [7, 11) is 0. The first kappa shape index (κ1) is 36.8. The van der Waals surface area contributed by atoms with Crippen molar-refractivity contribution in [2.75, 3.05) is 59.5 Å². The van der Waals surface area contributed by atoms with Crippen LogP contribution in [0, 0.1) is 0 Å². The number of esters is 3. The Morgan fingerprint density at radius 1 is 0.814 bits per heavy atom. The predicted octanol–water partition coefficient (Wildman–Crippen LogP) is 0.0409. The van der Waals surface area contributed by atoms with Crippen LogP contribution in [0.1, 0.15) is 39.3 Å².